The molecule has 0 bridgehead atoms. The topological polar surface area (TPSA) is 95.4 Å². The number of anilines is 1. The van der Waals surface area contributed by atoms with Gasteiger partial charge >= 0.3 is 0 Å². The molecule has 0 atom stereocenters. The number of hydrogen-bond acceptors (Lipinski definition) is 7. The largest absolute Gasteiger partial charge is 0.368 e. The highest BCUT2D eigenvalue weighted by Crippen LogP contribution is 2.33. The summed E-state index contributed by atoms with van der Waals surface area (Å²) >= 11 is 1.42. The first-order chi connectivity index (χ1) is 8.83. The zero-order valence-corrected chi connectivity index (χ0v) is 10.5. The second-order valence-corrected chi connectivity index (χ2v) is 5.19. The first kappa shape index (κ1) is 11.4. The van der Waals surface area contributed by atoms with Gasteiger partial charge in [-0.3, -0.25) is 0 Å². The van der Waals surface area contributed by atoms with Gasteiger partial charge in [0.25, 0.3) is 0 Å². The van der Waals surface area contributed by atoms with E-state index in [1.807, 2.05) is 4.68 Å². The molecule has 94 valence electrons. The predicted octanol–water partition coefficient (Wildman–Crippen LogP) is 1.31. The Morgan fingerprint density at radius 1 is 1.33 bits per heavy atom. The van der Waals surface area contributed by atoms with E-state index in [0.717, 1.165) is 23.0 Å². The molecule has 0 unspecified atom stereocenters. The van der Waals surface area contributed by atoms with Crippen molar-refractivity contribution in [2.75, 3.05) is 5.73 Å². The van der Waals surface area contributed by atoms with Gasteiger partial charge in [0.1, 0.15) is 5.03 Å². The van der Waals surface area contributed by atoms with Crippen LogP contribution in [0.15, 0.2) is 22.4 Å². The molecule has 2 N–H and O–H groups in total. The van der Waals surface area contributed by atoms with Crippen molar-refractivity contribution in [1.82, 2.24) is 30.2 Å². The summed E-state index contributed by atoms with van der Waals surface area (Å²) in [5.41, 5.74) is 5.55. The lowest BCUT2D eigenvalue weighted by Crippen LogP contribution is -2.08. The third-order valence-electron chi connectivity index (χ3n) is 2.98. The van der Waals surface area contributed by atoms with Crippen LogP contribution in [0.3, 0.4) is 0 Å². The third kappa shape index (κ3) is 2.28. The SMILES string of the molecule is Nc1nccc(Sc2nnnn2C2CCCC2)n1. The lowest BCUT2D eigenvalue weighted by atomic mass is 10.3. The van der Waals surface area contributed by atoms with E-state index in [2.05, 4.69) is 25.5 Å². The van der Waals surface area contributed by atoms with E-state index >= 15 is 0 Å². The molecular formula is C10H13N7S. The normalized spacial score (nSPS) is 16.2. The molecule has 1 saturated carbocycles. The smallest absolute Gasteiger partial charge is 0.221 e. The van der Waals surface area contributed by atoms with Crippen LogP contribution in [0.1, 0.15) is 31.7 Å². The maximum absolute atomic E-state index is 5.55. The Bertz CT molecular complexity index is 535. The van der Waals surface area contributed by atoms with Crippen LogP contribution in [-0.2, 0) is 0 Å². The molecule has 7 nitrogen and oxygen atoms in total. The van der Waals surface area contributed by atoms with Crippen molar-refractivity contribution >= 4 is 17.7 Å². The summed E-state index contributed by atoms with van der Waals surface area (Å²) in [7, 11) is 0. The van der Waals surface area contributed by atoms with Crippen LogP contribution < -0.4 is 5.73 Å². The minimum atomic E-state index is 0.264. The van der Waals surface area contributed by atoms with Crippen LogP contribution in [0.5, 0.6) is 0 Å². The number of rotatable bonds is 3. The van der Waals surface area contributed by atoms with Gasteiger partial charge in [-0.25, -0.2) is 14.6 Å². The number of nitrogen functional groups attached to an aromatic ring is 1. The highest BCUT2D eigenvalue weighted by Gasteiger charge is 2.22. The van der Waals surface area contributed by atoms with E-state index in [1.165, 1.54) is 24.6 Å². The van der Waals surface area contributed by atoms with Crippen molar-refractivity contribution in [2.24, 2.45) is 0 Å². The van der Waals surface area contributed by atoms with Crippen molar-refractivity contribution in [3.05, 3.63) is 12.3 Å². The van der Waals surface area contributed by atoms with Crippen molar-refractivity contribution in [1.29, 1.82) is 0 Å². The fourth-order valence-corrected chi connectivity index (χ4v) is 2.95. The van der Waals surface area contributed by atoms with Gasteiger partial charge in [0, 0.05) is 6.20 Å². The van der Waals surface area contributed by atoms with Crippen molar-refractivity contribution < 1.29 is 0 Å². The Kier molecular flexibility index (Phi) is 3.09. The average Bonchev–Trinajstić information content (AvgIpc) is 2.98. The minimum Gasteiger partial charge on any atom is -0.368 e. The zero-order chi connectivity index (χ0) is 12.4. The third-order valence-corrected chi connectivity index (χ3v) is 3.87. The van der Waals surface area contributed by atoms with Gasteiger partial charge < -0.3 is 5.73 Å². The van der Waals surface area contributed by atoms with E-state index in [-0.39, 0.29) is 5.95 Å². The molecule has 2 heterocycles. The Morgan fingerprint density at radius 2 is 2.17 bits per heavy atom. The highest BCUT2D eigenvalue weighted by atomic mass is 32.2. The van der Waals surface area contributed by atoms with E-state index < -0.39 is 0 Å². The Hall–Kier alpha value is -1.70. The predicted molar refractivity (Wildman–Crippen MR) is 65.9 cm³/mol. The van der Waals surface area contributed by atoms with Crippen LogP contribution in [-0.4, -0.2) is 30.2 Å². The zero-order valence-electron chi connectivity index (χ0n) is 9.73. The van der Waals surface area contributed by atoms with Crippen LogP contribution in [0.4, 0.5) is 5.95 Å². The second kappa shape index (κ2) is 4.89. The van der Waals surface area contributed by atoms with Crippen molar-refractivity contribution in [3.8, 4) is 0 Å². The summed E-state index contributed by atoms with van der Waals surface area (Å²) in [6.45, 7) is 0. The van der Waals surface area contributed by atoms with Gasteiger partial charge in [0.15, 0.2) is 0 Å². The lowest BCUT2D eigenvalue weighted by molar-refractivity contribution is 0.423. The van der Waals surface area contributed by atoms with Crippen molar-refractivity contribution in [2.45, 2.75) is 41.9 Å². The van der Waals surface area contributed by atoms with Gasteiger partial charge in [-0.1, -0.05) is 12.8 Å². The number of hydrogen-bond donors (Lipinski definition) is 1. The number of tetrazole rings is 1. The molecular weight excluding hydrogens is 250 g/mol. The number of aromatic nitrogens is 6. The summed E-state index contributed by atoms with van der Waals surface area (Å²) in [5, 5.41) is 13.4. The fourth-order valence-electron chi connectivity index (χ4n) is 2.14. The van der Waals surface area contributed by atoms with Gasteiger partial charge in [-0.05, 0) is 41.1 Å². The maximum Gasteiger partial charge on any atom is 0.221 e. The van der Waals surface area contributed by atoms with Gasteiger partial charge in [-0.2, -0.15) is 0 Å². The van der Waals surface area contributed by atoms with E-state index in [4.69, 9.17) is 5.73 Å². The fraction of sp³-hybridized carbons (Fsp3) is 0.500. The summed E-state index contributed by atoms with van der Waals surface area (Å²) in [6, 6.07) is 2.22. The lowest BCUT2D eigenvalue weighted by Gasteiger charge is -2.10. The first-order valence-electron chi connectivity index (χ1n) is 5.87. The molecule has 0 aromatic carbocycles. The molecule has 0 aliphatic heterocycles. The minimum absolute atomic E-state index is 0.264. The molecule has 0 amide bonds. The highest BCUT2D eigenvalue weighted by molar-refractivity contribution is 7.99. The summed E-state index contributed by atoms with van der Waals surface area (Å²) in [4.78, 5) is 8.00. The molecule has 18 heavy (non-hydrogen) atoms. The Labute approximate surface area is 108 Å². The maximum atomic E-state index is 5.55. The van der Waals surface area contributed by atoms with Gasteiger partial charge in [-0.15, -0.1) is 5.10 Å². The molecule has 0 radical (unpaired) electrons. The standard InChI is InChI=1S/C10H13N7S/c11-9-12-6-5-8(13-9)18-10-14-15-16-17(10)7-3-1-2-4-7/h5-7H,1-4H2,(H2,11,12,13). The van der Waals surface area contributed by atoms with Crippen LogP contribution in [0.25, 0.3) is 0 Å². The molecule has 1 aliphatic carbocycles. The van der Waals surface area contributed by atoms with E-state index in [1.54, 1.807) is 12.3 Å². The summed E-state index contributed by atoms with van der Waals surface area (Å²) in [5.74, 6) is 0.264. The molecule has 0 saturated heterocycles. The van der Waals surface area contributed by atoms with Gasteiger partial charge in [0.2, 0.25) is 11.1 Å². The van der Waals surface area contributed by atoms with Crippen LogP contribution in [0.2, 0.25) is 0 Å². The average molecular weight is 263 g/mol. The Balaban J connectivity index is 1.82. The van der Waals surface area contributed by atoms with Crippen molar-refractivity contribution in [3.63, 3.8) is 0 Å². The van der Waals surface area contributed by atoms with Crippen LogP contribution >= 0.6 is 11.8 Å². The van der Waals surface area contributed by atoms with E-state index in [9.17, 15) is 0 Å². The van der Waals surface area contributed by atoms with Gasteiger partial charge in [0.05, 0.1) is 6.04 Å². The molecule has 2 aromatic rings. The molecule has 1 aliphatic rings. The first-order valence-corrected chi connectivity index (χ1v) is 6.69. The molecule has 8 heteroatoms. The summed E-state index contributed by atoms with van der Waals surface area (Å²) in [6.07, 6.45) is 6.41. The van der Waals surface area contributed by atoms with Crippen LogP contribution in [0, 0.1) is 0 Å². The number of nitrogens with zero attached hydrogens (tertiary/aromatic N) is 6. The monoisotopic (exact) mass is 263 g/mol. The molecule has 2 aromatic heterocycles. The van der Waals surface area contributed by atoms with E-state index in [0.29, 0.717) is 6.04 Å². The quantitative estimate of drug-likeness (QED) is 0.834. The number of nitrogens with two attached hydrogens (primary N) is 1. The molecule has 1 fully saturated rings. The summed E-state index contributed by atoms with van der Waals surface area (Å²) < 4.78 is 1.90. The second-order valence-electron chi connectivity index (χ2n) is 4.20. The molecule has 3 rings (SSSR count). The Morgan fingerprint density at radius 3 is 2.94 bits per heavy atom. The molecule has 0 spiro atoms.